The highest BCUT2D eigenvalue weighted by Gasteiger charge is 2.09. The zero-order valence-corrected chi connectivity index (χ0v) is 11.2. The topological polar surface area (TPSA) is 21.3 Å². The number of rotatable bonds is 6. The molecule has 96 valence electrons. The van der Waals surface area contributed by atoms with Crippen LogP contribution in [-0.2, 0) is 4.74 Å². The van der Waals surface area contributed by atoms with Gasteiger partial charge in [-0.1, -0.05) is 17.7 Å². The molecule has 0 aliphatic heterocycles. The van der Waals surface area contributed by atoms with Crippen LogP contribution in [0.4, 0.5) is 4.39 Å². The zero-order valence-electron chi connectivity index (χ0n) is 10.5. The van der Waals surface area contributed by atoms with Gasteiger partial charge in [0.2, 0.25) is 0 Å². The molecule has 17 heavy (non-hydrogen) atoms. The van der Waals surface area contributed by atoms with Crippen LogP contribution in [-0.4, -0.2) is 19.3 Å². The molecule has 1 N–H and O–H groups in total. The molecule has 1 rings (SSSR count). The standard InChI is InChI=1S/C13H19ClFNO/c1-9(2)17-7-6-16-10(3)12-5-4-11(15)8-13(12)14/h4-5,8-10,16H,6-7H2,1-3H3. The van der Waals surface area contributed by atoms with Gasteiger partial charge in [-0.2, -0.15) is 0 Å². The number of nitrogens with one attached hydrogen (secondary N) is 1. The SMILES string of the molecule is CC(C)OCCNC(C)c1ccc(F)cc1Cl. The highest BCUT2D eigenvalue weighted by molar-refractivity contribution is 6.31. The Labute approximate surface area is 107 Å². The van der Waals surface area contributed by atoms with Crippen molar-refractivity contribution in [2.24, 2.45) is 0 Å². The van der Waals surface area contributed by atoms with Gasteiger partial charge in [-0.05, 0) is 38.5 Å². The second kappa shape index (κ2) is 6.94. The van der Waals surface area contributed by atoms with E-state index >= 15 is 0 Å². The van der Waals surface area contributed by atoms with Gasteiger partial charge in [0.15, 0.2) is 0 Å². The molecule has 0 spiro atoms. The molecule has 1 aromatic rings. The number of benzene rings is 1. The maximum absolute atomic E-state index is 12.9. The Morgan fingerprint density at radius 2 is 2.06 bits per heavy atom. The first-order valence-corrected chi connectivity index (χ1v) is 6.18. The van der Waals surface area contributed by atoms with Crippen molar-refractivity contribution in [1.82, 2.24) is 5.32 Å². The number of hydrogen-bond donors (Lipinski definition) is 1. The van der Waals surface area contributed by atoms with Crippen molar-refractivity contribution in [3.05, 3.63) is 34.6 Å². The van der Waals surface area contributed by atoms with Crippen molar-refractivity contribution < 1.29 is 9.13 Å². The molecule has 0 aromatic heterocycles. The summed E-state index contributed by atoms with van der Waals surface area (Å²) in [6.45, 7) is 7.39. The third kappa shape index (κ3) is 5.02. The largest absolute Gasteiger partial charge is 0.377 e. The lowest BCUT2D eigenvalue weighted by Crippen LogP contribution is -2.24. The minimum atomic E-state index is -0.311. The van der Waals surface area contributed by atoms with Crippen LogP contribution in [0.3, 0.4) is 0 Å². The Hall–Kier alpha value is -0.640. The van der Waals surface area contributed by atoms with Crippen LogP contribution in [0.25, 0.3) is 0 Å². The Balaban J connectivity index is 2.44. The van der Waals surface area contributed by atoms with Crippen molar-refractivity contribution in [2.45, 2.75) is 32.9 Å². The quantitative estimate of drug-likeness (QED) is 0.789. The van der Waals surface area contributed by atoms with E-state index < -0.39 is 0 Å². The molecule has 0 aliphatic rings. The van der Waals surface area contributed by atoms with E-state index in [1.807, 2.05) is 20.8 Å². The van der Waals surface area contributed by atoms with E-state index in [2.05, 4.69) is 5.32 Å². The van der Waals surface area contributed by atoms with Crippen LogP contribution < -0.4 is 5.32 Å². The highest BCUT2D eigenvalue weighted by atomic mass is 35.5. The molecule has 1 atom stereocenters. The summed E-state index contributed by atoms with van der Waals surface area (Å²) in [6.07, 6.45) is 0.238. The lowest BCUT2D eigenvalue weighted by Gasteiger charge is -2.16. The summed E-state index contributed by atoms with van der Waals surface area (Å²) in [5.41, 5.74) is 0.901. The second-order valence-electron chi connectivity index (χ2n) is 4.26. The smallest absolute Gasteiger partial charge is 0.124 e. The molecule has 0 fully saturated rings. The van der Waals surface area contributed by atoms with Gasteiger partial charge in [-0.15, -0.1) is 0 Å². The van der Waals surface area contributed by atoms with Crippen molar-refractivity contribution >= 4 is 11.6 Å². The Morgan fingerprint density at radius 1 is 1.35 bits per heavy atom. The second-order valence-corrected chi connectivity index (χ2v) is 4.67. The summed E-state index contributed by atoms with van der Waals surface area (Å²) < 4.78 is 18.3. The number of ether oxygens (including phenoxy) is 1. The minimum Gasteiger partial charge on any atom is -0.377 e. The van der Waals surface area contributed by atoms with Crippen LogP contribution >= 0.6 is 11.6 Å². The lowest BCUT2D eigenvalue weighted by atomic mass is 10.1. The maximum Gasteiger partial charge on any atom is 0.124 e. The molecule has 0 bridgehead atoms. The Morgan fingerprint density at radius 3 is 2.65 bits per heavy atom. The number of hydrogen-bond acceptors (Lipinski definition) is 2. The predicted octanol–water partition coefficient (Wildman–Crippen LogP) is 3.55. The first-order chi connectivity index (χ1) is 8.00. The average Bonchev–Trinajstić information content (AvgIpc) is 2.23. The van der Waals surface area contributed by atoms with Gasteiger partial charge >= 0.3 is 0 Å². The summed E-state index contributed by atoms with van der Waals surface area (Å²) in [5, 5.41) is 3.74. The van der Waals surface area contributed by atoms with Gasteiger partial charge in [-0.3, -0.25) is 0 Å². The van der Waals surface area contributed by atoms with Crippen molar-refractivity contribution in [1.29, 1.82) is 0 Å². The Bertz CT molecular complexity index is 357. The molecular weight excluding hydrogens is 241 g/mol. The van der Waals surface area contributed by atoms with Gasteiger partial charge < -0.3 is 10.1 Å². The summed E-state index contributed by atoms with van der Waals surface area (Å²) in [7, 11) is 0. The van der Waals surface area contributed by atoms with Crippen LogP contribution in [0.5, 0.6) is 0 Å². The fraction of sp³-hybridized carbons (Fsp3) is 0.538. The molecule has 0 heterocycles. The number of halogens is 2. The van der Waals surface area contributed by atoms with E-state index in [1.165, 1.54) is 12.1 Å². The molecule has 0 aliphatic carbocycles. The van der Waals surface area contributed by atoms with Crippen molar-refractivity contribution in [3.63, 3.8) is 0 Å². The molecule has 1 unspecified atom stereocenters. The van der Waals surface area contributed by atoms with Crippen LogP contribution in [0, 0.1) is 5.82 Å². The normalized spacial score (nSPS) is 13.1. The molecule has 1 aromatic carbocycles. The van der Waals surface area contributed by atoms with Gasteiger partial charge in [0.05, 0.1) is 12.7 Å². The summed E-state index contributed by atoms with van der Waals surface area (Å²) in [6, 6.07) is 4.54. The van der Waals surface area contributed by atoms with E-state index in [9.17, 15) is 4.39 Å². The van der Waals surface area contributed by atoms with E-state index in [-0.39, 0.29) is 18.0 Å². The van der Waals surface area contributed by atoms with Crippen LogP contribution in [0.2, 0.25) is 5.02 Å². The Kier molecular flexibility index (Phi) is 5.89. The van der Waals surface area contributed by atoms with E-state index in [4.69, 9.17) is 16.3 Å². The molecule has 4 heteroatoms. The van der Waals surface area contributed by atoms with Crippen LogP contribution in [0.15, 0.2) is 18.2 Å². The summed E-state index contributed by atoms with van der Waals surface area (Å²) >= 11 is 5.98. The summed E-state index contributed by atoms with van der Waals surface area (Å²) in [5.74, 6) is -0.311. The third-order valence-electron chi connectivity index (χ3n) is 2.43. The van der Waals surface area contributed by atoms with E-state index in [0.29, 0.717) is 11.6 Å². The summed E-state index contributed by atoms with van der Waals surface area (Å²) in [4.78, 5) is 0. The van der Waals surface area contributed by atoms with E-state index in [1.54, 1.807) is 6.07 Å². The van der Waals surface area contributed by atoms with Gasteiger partial charge in [0, 0.05) is 17.6 Å². The van der Waals surface area contributed by atoms with Gasteiger partial charge in [0.25, 0.3) is 0 Å². The van der Waals surface area contributed by atoms with Gasteiger partial charge in [0.1, 0.15) is 5.82 Å². The average molecular weight is 260 g/mol. The molecule has 0 saturated carbocycles. The molecule has 0 saturated heterocycles. The maximum atomic E-state index is 12.9. The predicted molar refractivity (Wildman–Crippen MR) is 68.9 cm³/mol. The zero-order chi connectivity index (χ0) is 12.8. The fourth-order valence-electron chi connectivity index (χ4n) is 1.53. The lowest BCUT2D eigenvalue weighted by molar-refractivity contribution is 0.0796. The molecule has 0 radical (unpaired) electrons. The van der Waals surface area contributed by atoms with Gasteiger partial charge in [-0.25, -0.2) is 4.39 Å². The fourth-order valence-corrected chi connectivity index (χ4v) is 1.86. The molecule has 2 nitrogen and oxygen atoms in total. The molecule has 0 amide bonds. The van der Waals surface area contributed by atoms with Crippen LogP contribution in [0.1, 0.15) is 32.4 Å². The molecular formula is C13H19ClFNO. The first-order valence-electron chi connectivity index (χ1n) is 5.80. The first kappa shape index (κ1) is 14.4. The van der Waals surface area contributed by atoms with Crippen molar-refractivity contribution in [3.8, 4) is 0 Å². The highest BCUT2D eigenvalue weighted by Crippen LogP contribution is 2.23. The monoisotopic (exact) mass is 259 g/mol. The third-order valence-corrected chi connectivity index (χ3v) is 2.76. The van der Waals surface area contributed by atoms with Crippen molar-refractivity contribution in [2.75, 3.05) is 13.2 Å². The van der Waals surface area contributed by atoms with E-state index in [0.717, 1.165) is 12.1 Å². The minimum absolute atomic E-state index is 0.0823.